The Morgan fingerprint density at radius 3 is 2.60 bits per heavy atom. The lowest BCUT2D eigenvalue weighted by Crippen LogP contribution is -2.27. The van der Waals surface area contributed by atoms with Gasteiger partial charge in [0.05, 0.1) is 10.4 Å². The lowest BCUT2D eigenvalue weighted by Gasteiger charge is -2.15. The third-order valence-electron chi connectivity index (χ3n) is 3.62. The topological polar surface area (TPSA) is 62.3 Å². The lowest BCUT2D eigenvalue weighted by atomic mass is 10.2. The number of pyridine rings is 1. The van der Waals surface area contributed by atoms with Crippen molar-refractivity contribution in [3.63, 3.8) is 0 Å². The smallest absolute Gasteiger partial charge is 0.243 e. The number of rotatable bonds is 3. The van der Waals surface area contributed by atoms with Crippen molar-refractivity contribution in [1.29, 1.82) is 0 Å². The highest BCUT2D eigenvalue weighted by molar-refractivity contribution is 7.89. The predicted octanol–water partition coefficient (Wildman–Crippen LogP) is 2.06. The molecule has 0 aliphatic carbocycles. The van der Waals surface area contributed by atoms with Crippen molar-refractivity contribution in [2.45, 2.75) is 17.7 Å². The van der Waals surface area contributed by atoms with Crippen molar-refractivity contribution in [1.82, 2.24) is 9.29 Å². The molecule has 0 unspecified atom stereocenters. The van der Waals surface area contributed by atoms with Crippen LogP contribution in [-0.4, -0.2) is 37.8 Å². The summed E-state index contributed by atoms with van der Waals surface area (Å²) in [6, 6.07) is 8.84. The van der Waals surface area contributed by atoms with Crippen LogP contribution in [0.5, 0.6) is 0 Å². The van der Waals surface area contributed by atoms with Gasteiger partial charge in [0.1, 0.15) is 5.82 Å². The molecule has 6 heteroatoms. The number of benzene rings is 1. The van der Waals surface area contributed by atoms with E-state index >= 15 is 0 Å². The molecule has 1 fully saturated rings. The molecule has 1 aliphatic heterocycles. The SMILES string of the molecule is CNc1ccc2cc(S(=O)(=O)N3CCCC3)ccc2n1. The van der Waals surface area contributed by atoms with Gasteiger partial charge in [-0.05, 0) is 43.2 Å². The van der Waals surface area contributed by atoms with Crippen LogP contribution in [0.3, 0.4) is 0 Å². The Bertz CT molecular complexity index is 737. The molecule has 1 aromatic heterocycles. The van der Waals surface area contributed by atoms with Gasteiger partial charge in [0, 0.05) is 25.5 Å². The molecular formula is C14H17N3O2S. The summed E-state index contributed by atoms with van der Waals surface area (Å²) in [7, 11) is -1.55. The summed E-state index contributed by atoms with van der Waals surface area (Å²) in [6.45, 7) is 1.24. The van der Waals surface area contributed by atoms with E-state index in [2.05, 4.69) is 10.3 Å². The van der Waals surface area contributed by atoms with E-state index in [9.17, 15) is 8.42 Å². The monoisotopic (exact) mass is 291 g/mol. The van der Waals surface area contributed by atoms with E-state index in [1.54, 1.807) is 29.6 Å². The Hall–Kier alpha value is -1.66. The maximum atomic E-state index is 12.5. The van der Waals surface area contributed by atoms with Crippen LogP contribution in [0, 0.1) is 0 Å². The summed E-state index contributed by atoms with van der Waals surface area (Å²) in [5.74, 6) is 0.771. The molecule has 1 aromatic carbocycles. The molecule has 20 heavy (non-hydrogen) atoms. The molecule has 1 saturated heterocycles. The third kappa shape index (κ3) is 2.25. The predicted molar refractivity (Wildman–Crippen MR) is 79.3 cm³/mol. The van der Waals surface area contributed by atoms with Gasteiger partial charge in [-0.2, -0.15) is 4.31 Å². The van der Waals surface area contributed by atoms with Crippen LogP contribution in [-0.2, 0) is 10.0 Å². The van der Waals surface area contributed by atoms with Gasteiger partial charge in [0.15, 0.2) is 0 Å². The van der Waals surface area contributed by atoms with E-state index in [1.165, 1.54) is 0 Å². The van der Waals surface area contributed by atoms with Gasteiger partial charge in [-0.25, -0.2) is 13.4 Å². The van der Waals surface area contributed by atoms with Crippen molar-refractivity contribution >= 4 is 26.7 Å². The summed E-state index contributed by atoms with van der Waals surface area (Å²) in [4.78, 5) is 4.75. The van der Waals surface area contributed by atoms with E-state index in [4.69, 9.17) is 0 Å². The van der Waals surface area contributed by atoms with E-state index in [1.807, 2.05) is 12.1 Å². The molecule has 5 nitrogen and oxygen atoms in total. The maximum Gasteiger partial charge on any atom is 0.243 e. The van der Waals surface area contributed by atoms with Gasteiger partial charge in [0.25, 0.3) is 0 Å². The highest BCUT2D eigenvalue weighted by Gasteiger charge is 2.27. The molecule has 0 spiro atoms. The summed E-state index contributed by atoms with van der Waals surface area (Å²) in [6.07, 6.45) is 1.89. The van der Waals surface area contributed by atoms with Crippen LogP contribution in [0.2, 0.25) is 0 Å². The van der Waals surface area contributed by atoms with Gasteiger partial charge in [-0.15, -0.1) is 0 Å². The van der Waals surface area contributed by atoms with Gasteiger partial charge in [0.2, 0.25) is 10.0 Å². The number of anilines is 1. The molecular weight excluding hydrogens is 274 g/mol. The molecule has 0 radical (unpaired) electrons. The Kier molecular flexibility index (Phi) is 3.35. The number of fused-ring (bicyclic) bond motifs is 1. The van der Waals surface area contributed by atoms with Crippen LogP contribution in [0.25, 0.3) is 10.9 Å². The Labute approximate surface area is 118 Å². The van der Waals surface area contributed by atoms with E-state index < -0.39 is 10.0 Å². The van der Waals surface area contributed by atoms with Crippen molar-refractivity contribution in [3.05, 3.63) is 30.3 Å². The number of nitrogens with zero attached hydrogens (tertiary/aromatic N) is 2. The van der Waals surface area contributed by atoms with Crippen molar-refractivity contribution in [2.24, 2.45) is 0 Å². The first-order valence-corrected chi connectivity index (χ1v) is 8.14. The van der Waals surface area contributed by atoms with Gasteiger partial charge < -0.3 is 5.32 Å². The average Bonchev–Trinajstić information content (AvgIpc) is 3.01. The molecule has 0 amide bonds. The first kappa shape index (κ1) is 13.3. The fourth-order valence-corrected chi connectivity index (χ4v) is 4.03. The van der Waals surface area contributed by atoms with Crippen LogP contribution in [0.4, 0.5) is 5.82 Å². The number of hydrogen-bond donors (Lipinski definition) is 1. The highest BCUT2D eigenvalue weighted by Crippen LogP contribution is 2.24. The van der Waals surface area contributed by atoms with Crippen molar-refractivity contribution < 1.29 is 8.42 Å². The molecule has 2 heterocycles. The van der Waals surface area contributed by atoms with Crippen LogP contribution >= 0.6 is 0 Å². The third-order valence-corrected chi connectivity index (χ3v) is 5.51. The maximum absolute atomic E-state index is 12.5. The van der Waals surface area contributed by atoms with E-state index in [-0.39, 0.29) is 0 Å². The quantitative estimate of drug-likeness (QED) is 0.940. The second-order valence-corrected chi connectivity index (χ2v) is 6.85. The number of sulfonamides is 1. The molecule has 106 valence electrons. The van der Waals surface area contributed by atoms with E-state index in [0.717, 1.165) is 29.6 Å². The van der Waals surface area contributed by atoms with Gasteiger partial charge in [-0.3, -0.25) is 0 Å². The lowest BCUT2D eigenvalue weighted by molar-refractivity contribution is 0.477. The highest BCUT2D eigenvalue weighted by atomic mass is 32.2. The Morgan fingerprint density at radius 2 is 1.90 bits per heavy atom. The second kappa shape index (κ2) is 5.03. The fourth-order valence-electron chi connectivity index (χ4n) is 2.48. The number of aromatic nitrogens is 1. The first-order chi connectivity index (χ1) is 9.61. The normalized spacial score (nSPS) is 16.6. The Morgan fingerprint density at radius 1 is 1.15 bits per heavy atom. The zero-order valence-corrected chi connectivity index (χ0v) is 12.2. The second-order valence-electron chi connectivity index (χ2n) is 4.91. The van der Waals surface area contributed by atoms with Gasteiger partial charge >= 0.3 is 0 Å². The largest absolute Gasteiger partial charge is 0.373 e. The van der Waals surface area contributed by atoms with Crippen molar-refractivity contribution in [3.8, 4) is 0 Å². The molecule has 3 rings (SSSR count). The minimum absolute atomic E-state index is 0.353. The summed E-state index contributed by atoms with van der Waals surface area (Å²) in [5, 5.41) is 3.81. The molecule has 2 aromatic rings. The molecule has 0 bridgehead atoms. The standard InChI is InChI=1S/C14H17N3O2S/c1-15-14-7-4-11-10-12(5-6-13(11)16-14)20(18,19)17-8-2-3-9-17/h4-7,10H,2-3,8-9H2,1H3,(H,15,16). The minimum Gasteiger partial charge on any atom is -0.373 e. The summed E-state index contributed by atoms with van der Waals surface area (Å²) < 4.78 is 26.5. The van der Waals surface area contributed by atoms with Gasteiger partial charge in [-0.1, -0.05) is 0 Å². The van der Waals surface area contributed by atoms with Crippen LogP contribution in [0.1, 0.15) is 12.8 Å². The molecule has 0 atom stereocenters. The first-order valence-electron chi connectivity index (χ1n) is 6.70. The number of hydrogen-bond acceptors (Lipinski definition) is 4. The van der Waals surface area contributed by atoms with Crippen LogP contribution < -0.4 is 5.32 Å². The minimum atomic E-state index is -3.36. The zero-order valence-electron chi connectivity index (χ0n) is 11.3. The molecule has 1 aliphatic rings. The molecule has 1 N–H and O–H groups in total. The van der Waals surface area contributed by atoms with Crippen molar-refractivity contribution in [2.75, 3.05) is 25.5 Å². The van der Waals surface area contributed by atoms with E-state index in [0.29, 0.717) is 18.0 Å². The van der Waals surface area contributed by atoms with Crippen LogP contribution in [0.15, 0.2) is 35.2 Å². The Balaban J connectivity index is 2.04. The molecule has 0 saturated carbocycles. The summed E-state index contributed by atoms with van der Waals surface area (Å²) in [5.41, 5.74) is 0.789. The average molecular weight is 291 g/mol. The number of nitrogens with one attached hydrogen (secondary N) is 1. The zero-order chi connectivity index (χ0) is 14.2. The fraction of sp³-hybridized carbons (Fsp3) is 0.357. The summed E-state index contributed by atoms with van der Waals surface area (Å²) >= 11 is 0.